The van der Waals surface area contributed by atoms with Crippen LogP contribution in [0.4, 0.5) is 5.69 Å². The van der Waals surface area contributed by atoms with Gasteiger partial charge in [0.05, 0.1) is 21.8 Å². The molecular formula is C25H26N3NaO3S. The largest absolute Gasteiger partial charge is 1.00 e. The summed E-state index contributed by atoms with van der Waals surface area (Å²) < 4.78 is 32.2. The molecular weight excluding hydrogens is 445 g/mol. The van der Waals surface area contributed by atoms with Crippen molar-refractivity contribution >= 4 is 33.0 Å². The molecule has 1 heterocycles. The molecule has 2 aromatic carbocycles. The zero-order valence-corrected chi connectivity index (χ0v) is 22.0. The maximum absolute atomic E-state index is 10.7. The molecule has 0 aliphatic carbocycles. The molecule has 0 radical (unpaired) electrons. The minimum absolute atomic E-state index is 0. The van der Waals surface area contributed by atoms with Crippen LogP contribution in [-0.2, 0) is 10.1 Å². The maximum Gasteiger partial charge on any atom is 1.00 e. The molecule has 3 rings (SSSR count). The molecule has 33 heavy (non-hydrogen) atoms. The Kier molecular flexibility index (Phi) is 9.96. The zero-order valence-electron chi connectivity index (χ0n) is 19.2. The van der Waals surface area contributed by atoms with Crippen molar-refractivity contribution in [3.05, 3.63) is 83.6 Å². The van der Waals surface area contributed by atoms with E-state index in [1.807, 2.05) is 90.8 Å². The number of allylic oxidation sites excluding steroid dienone is 3. The van der Waals surface area contributed by atoms with Crippen molar-refractivity contribution in [3.63, 3.8) is 0 Å². The molecule has 166 valence electrons. The molecule has 0 fully saturated rings. The van der Waals surface area contributed by atoms with Crippen LogP contribution in [0.1, 0.15) is 23.1 Å². The van der Waals surface area contributed by atoms with Gasteiger partial charge in [0.25, 0.3) is 0 Å². The molecule has 8 heteroatoms. The van der Waals surface area contributed by atoms with Gasteiger partial charge in [-0.1, -0.05) is 42.5 Å². The zero-order chi connectivity index (χ0) is 23.1. The molecule has 6 nitrogen and oxygen atoms in total. The Morgan fingerprint density at radius 1 is 1.15 bits per heavy atom. The van der Waals surface area contributed by atoms with Crippen LogP contribution in [0.3, 0.4) is 0 Å². The Labute approximate surface area is 218 Å². The van der Waals surface area contributed by atoms with Crippen molar-refractivity contribution in [2.75, 3.05) is 37.8 Å². The smallest absolute Gasteiger partial charge is 0.748 e. The molecule has 0 amide bonds. The van der Waals surface area contributed by atoms with E-state index in [-0.39, 0.29) is 35.3 Å². The molecule has 0 aromatic heterocycles. The first-order valence-corrected chi connectivity index (χ1v) is 11.9. The normalized spacial score (nSPS) is 13.7. The second-order valence-corrected chi connectivity index (χ2v) is 9.34. The molecule has 2 aromatic rings. The van der Waals surface area contributed by atoms with Crippen LogP contribution in [0.2, 0.25) is 0 Å². The SMILES string of the molecule is CN(C)c1ccc(/C=C(\C#N)c2ccc(C3=CCN(CCCS(=O)(=O)[O-])C=C3)cc2)cc1.[Na+]. The molecule has 1 aliphatic heterocycles. The summed E-state index contributed by atoms with van der Waals surface area (Å²) in [6.07, 6.45) is 8.15. The summed E-state index contributed by atoms with van der Waals surface area (Å²) in [5.41, 5.74) is 5.63. The van der Waals surface area contributed by atoms with E-state index in [4.69, 9.17) is 0 Å². The van der Waals surface area contributed by atoms with Gasteiger partial charge in [-0.25, -0.2) is 8.42 Å². The third-order valence-electron chi connectivity index (χ3n) is 5.22. The number of nitrogens with zero attached hydrogens (tertiary/aromatic N) is 3. The van der Waals surface area contributed by atoms with Crippen LogP contribution in [0.25, 0.3) is 17.2 Å². The predicted octanol–water partition coefficient (Wildman–Crippen LogP) is 0.969. The third-order valence-corrected chi connectivity index (χ3v) is 6.01. The number of benzene rings is 2. The minimum Gasteiger partial charge on any atom is -0.748 e. The van der Waals surface area contributed by atoms with Crippen LogP contribution in [-0.4, -0.2) is 50.8 Å². The topological polar surface area (TPSA) is 87.5 Å². The first kappa shape index (κ1) is 26.9. The summed E-state index contributed by atoms with van der Waals surface area (Å²) in [6, 6.07) is 18.2. The summed E-state index contributed by atoms with van der Waals surface area (Å²) in [5, 5.41) is 9.64. The van der Waals surface area contributed by atoms with E-state index in [1.165, 1.54) is 0 Å². The van der Waals surface area contributed by atoms with Crippen LogP contribution in [0.15, 0.2) is 66.9 Å². The van der Waals surface area contributed by atoms with Crippen LogP contribution >= 0.6 is 0 Å². The van der Waals surface area contributed by atoms with Gasteiger partial charge >= 0.3 is 29.6 Å². The quantitative estimate of drug-likeness (QED) is 0.247. The van der Waals surface area contributed by atoms with Crippen LogP contribution < -0.4 is 34.5 Å². The molecule has 0 atom stereocenters. The van der Waals surface area contributed by atoms with E-state index in [0.717, 1.165) is 28.0 Å². The van der Waals surface area contributed by atoms with E-state index in [9.17, 15) is 18.2 Å². The van der Waals surface area contributed by atoms with Crippen molar-refractivity contribution in [2.24, 2.45) is 0 Å². The van der Waals surface area contributed by atoms with Gasteiger partial charge in [-0.2, -0.15) is 5.26 Å². The summed E-state index contributed by atoms with van der Waals surface area (Å²) in [5.74, 6) is -0.343. The van der Waals surface area contributed by atoms with Crippen molar-refractivity contribution in [3.8, 4) is 6.07 Å². The fourth-order valence-electron chi connectivity index (χ4n) is 3.41. The van der Waals surface area contributed by atoms with Gasteiger partial charge in [0.2, 0.25) is 0 Å². The van der Waals surface area contributed by atoms with Gasteiger partial charge in [-0.15, -0.1) is 0 Å². The summed E-state index contributed by atoms with van der Waals surface area (Å²) in [4.78, 5) is 4.00. The second kappa shape index (κ2) is 12.2. The first-order valence-electron chi connectivity index (χ1n) is 10.3. The Balaban J connectivity index is 0.00000385. The molecule has 0 saturated carbocycles. The fourth-order valence-corrected chi connectivity index (χ4v) is 3.89. The monoisotopic (exact) mass is 471 g/mol. The number of rotatable bonds is 8. The Morgan fingerprint density at radius 2 is 1.82 bits per heavy atom. The van der Waals surface area contributed by atoms with Gasteiger partial charge in [-0.3, -0.25) is 0 Å². The van der Waals surface area contributed by atoms with Gasteiger partial charge in [0.1, 0.15) is 0 Å². The van der Waals surface area contributed by atoms with Crippen LogP contribution in [0, 0.1) is 11.3 Å². The second-order valence-electron chi connectivity index (χ2n) is 7.82. The molecule has 0 bridgehead atoms. The standard InChI is InChI=1S/C25H27N3O3S.Na/c1-27(2)25-10-4-20(5-11-25)18-24(19-26)22-8-6-21(7-9-22)23-12-15-28(16-13-23)14-3-17-32(29,30)31;/h4-13,15,18H,3,14,16-17H2,1-2H3,(H,29,30,31);/q;+1/p-1/b24-18+;. The Hall–Kier alpha value is -2.34. The van der Waals surface area contributed by atoms with Crippen molar-refractivity contribution in [2.45, 2.75) is 6.42 Å². The van der Waals surface area contributed by atoms with Crippen LogP contribution in [0.5, 0.6) is 0 Å². The summed E-state index contributed by atoms with van der Waals surface area (Å²) >= 11 is 0. The predicted molar refractivity (Wildman–Crippen MR) is 129 cm³/mol. The average Bonchev–Trinajstić information content (AvgIpc) is 2.77. The van der Waals surface area contributed by atoms with Crippen molar-refractivity contribution in [1.82, 2.24) is 4.90 Å². The van der Waals surface area contributed by atoms with Gasteiger partial charge in [0.15, 0.2) is 0 Å². The van der Waals surface area contributed by atoms with E-state index in [1.54, 1.807) is 0 Å². The van der Waals surface area contributed by atoms with Crippen molar-refractivity contribution in [1.29, 1.82) is 5.26 Å². The molecule has 0 spiro atoms. The average molecular weight is 472 g/mol. The first-order chi connectivity index (χ1) is 15.2. The molecule has 0 saturated heterocycles. The summed E-state index contributed by atoms with van der Waals surface area (Å²) in [6.45, 7) is 1.17. The van der Waals surface area contributed by atoms with E-state index < -0.39 is 10.1 Å². The van der Waals surface area contributed by atoms with E-state index >= 15 is 0 Å². The fraction of sp³-hybridized carbons (Fsp3) is 0.240. The minimum atomic E-state index is -4.16. The number of nitriles is 1. The molecule has 1 aliphatic rings. The van der Waals surface area contributed by atoms with E-state index in [2.05, 4.69) is 12.1 Å². The van der Waals surface area contributed by atoms with E-state index in [0.29, 0.717) is 25.1 Å². The van der Waals surface area contributed by atoms with Gasteiger partial charge < -0.3 is 14.4 Å². The third kappa shape index (κ3) is 8.18. The maximum atomic E-state index is 10.7. The van der Waals surface area contributed by atoms with Gasteiger partial charge in [0, 0.05) is 38.6 Å². The number of anilines is 1. The van der Waals surface area contributed by atoms with Crippen molar-refractivity contribution < 1.29 is 42.5 Å². The Morgan fingerprint density at radius 3 is 2.33 bits per heavy atom. The molecule has 0 unspecified atom stereocenters. The number of hydrogen-bond acceptors (Lipinski definition) is 6. The van der Waals surface area contributed by atoms with Gasteiger partial charge in [-0.05, 0) is 59.2 Å². The summed E-state index contributed by atoms with van der Waals surface area (Å²) in [7, 11) is -0.185. The Bertz CT molecular complexity index is 1180. The number of hydrogen-bond donors (Lipinski definition) is 0. The molecule has 0 N–H and O–H groups in total.